The van der Waals surface area contributed by atoms with E-state index in [0.717, 1.165) is 6.08 Å². The van der Waals surface area contributed by atoms with Crippen molar-refractivity contribution in [2.24, 2.45) is 28.6 Å². The topological polar surface area (TPSA) is 107 Å². The highest BCUT2D eigenvalue weighted by molar-refractivity contribution is 6.42. The van der Waals surface area contributed by atoms with Crippen molar-refractivity contribution in [3.63, 3.8) is 0 Å². The molecule has 0 amide bonds. The molecule has 0 bridgehead atoms. The van der Waals surface area contributed by atoms with Crippen LogP contribution in [0.25, 0.3) is 0 Å². The number of carbonyl (C=O) groups excluding carboxylic acids is 4. The average molecular weight is 640 g/mol. The monoisotopic (exact) mass is 638 g/mol. The van der Waals surface area contributed by atoms with Gasteiger partial charge in [0.2, 0.25) is 5.60 Å². The second-order valence-corrected chi connectivity index (χ2v) is 13.5. The molecule has 0 aliphatic heterocycles. The first kappa shape index (κ1) is 31.8. The van der Waals surface area contributed by atoms with Crippen molar-refractivity contribution in [2.75, 3.05) is 6.61 Å². The fourth-order valence-corrected chi connectivity index (χ4v) is 8.76. The number of hydrogen-bond donors (Lipinski definition) is 1. The van der Waals surface area contributed by atoms with Crippen LogP contribution in [0.15, 0.2) is 42.0 Å². The van der Waals surface area contributed by atoms with E-state index in [0.29, 0.717) is 0 Å². The molecule has 5 rings (SSSR count). The Balaban J connectivity index is 1.53. The van der Waals surface area contributed by atoms with Gasteiger partial charge in [-0.3, -0.25) is 14.4 Å². The molecule has 1 aromatic carbocycles. The lowest BCUT2D eigenvalue weighted by molar-refractivity contribution is -0.238. The molecule has 9 atom stereocenters. The number of Topliss-reactive ketones (excluding diaryl/α,β-unsaturated/α-hetero) is 1. The number of alkyl halides is 2. The summed E-state index contributed by atoms with van der Waals surface area (Å²) in [5.74, 6) is -5.29. The first-order valence-corrected chi connectivity index (χ1v) is 15.2. The van der Waals surface area contributed by atoms with E-state index in [9.17, 15) is 24.3 Å². The van der Waals surface area contributed by atoms with Gasteiger partial charge in [0.15, 0.2) is 23.8 Å². The van der Waals surface area contributed by atoms with Crippen LogP contribution in [0.3, 0.4) is 0 Å². The molecule has 1 N–H and O–H groups in total. The Morgan fingerprint density at radius 3 is 2.47 bits per heavy atom. The Labute approximate surface area is 258 Å². The van der Waals surface area contributed by atoms with Crippen molar-refractivity contribution < 1.29 is 42.5 Å². The Bertz CT molecular complexity index is 1460. The first-order valence-electron chi connectivity index (χ1n) is 14.4. The highest BCUT2D eigenvalue weighted by Gasteiger charge is 2.78. The van der Waals surface area contributed by atoms with Crippen molar-refractivity contribution in [3.05, 3.63) is 57.6 Å². The number of esters is 2. The molecule has 4 aliphatic carbocycles. The molecule has 0 heterocycles. The summed E-state index contributed by atoms with van der Waals surface area (Å²) in [5.41, 5.74) is -7.23. The third-order valence-corrected chi connectivity index (χ3v) is 11.4. The average Bonchev–Trinajstić information content (AvgIpc) is 3.17. The number of rotatable bonds is 6. The molecular formula is C32H34Cl2F2O7. The molecule has 4 aliphatic rings. The van der Waals surface area contributed by atoms with E-state index in [1.54, 1.807) is 20.8 Å². The van der Waals surface area contributed by atoms with Crippen molar-refractivity contribution in [3.8, 4) is 0 Å². The zero-order chi connectivity index (χ0) is 31.7. The maximum atomic E-state index is 17.5. The van der Waals surface area contributed by atoms with Gasteiger partial charge >= 0.3 is 11.9 Å². The van der Waals surface area contributed by atoms with Gasteiger partial charge in [0.05, 0.1) is 16.1 Å². The van der Waals surface area contributed by atoms with Gasteiger partial charge in [0.25, 0.3) is 0 Å². The van der Waals surface area contributed by atoms with E-state index in [4.69, 9.17) is 32.7 Å². The van der Waals surface area contributed by atoms with Gasteiger partial charge in [-0.05, 0) is 68.0 Å². The molecule has 3 saturated carbocycles. The minimum Gasteiger partial charge on any atom is -0.454 e. The number of fused-ring (bicyclic) bond motifs is 5. The standard InChI is InChI=1S/C32H34Cl2F2O7/c1-5-27(40)43-32(28(41)42-15-25(38)17-6-7-22(33)23(34)11-17)16(2)10-19-20-13-24(35)21-12-18(37)8-9-29(21,3)31(20,36)26(39)14-30(19,32)4/h6-9,11-12,16,19-20,24,26,39H,5,10,13-15H2,1-4H3/t16-,19+,20+,24+,26+,29+,30+,31+,32+/m1/s1. The van der Waals surface area contributed by atoms with Crippen LogP contribution in [0.4, 0.5) is 8.78 Å². The molecule has 0 spiro atoms. The van der Waals surface area contributed by atoms with E-state index in [-0.39, 0.29) is 46.9 Å². The SMILES string of the molecule is CCC(=O)O[C@]1(C(=O)OCC(=O)c2ccc(Cl)c(Cl)c2)[C@H](C)C[C@H]2[C@@H]3C[C@H](F)C4=CC(=O)C=C[C@]4(C)[C@@]3(F)[C@@H](O)C[C@@]21C. The van der Waals surface area contributed by atoms with E-state index < -0.39 is 82.2 Å². The van der Waals surface area contributed by atoms with Crippen LogP contribution in [-0.4, -0.2) is 58.8 Å². The van der Waals surface area contributed by atoms with Crippen LogP contribution in [0, 0.1) is 28.6 Å². The Kier molecular flexibility index (Phi) is 7.97. The van der Waals surface area contributed by atoms with Crippen molar-refractivity contribution in [1.29, 1.82) is 0 Å². The second-order valence-electron chi connectivity index (χ2n) is 12.7. The van der Waals surface area contributed by atoms with Crippen LogP contribution in [0.1, 0.15) is 63.7 Å². The highest BCUT2D eigenvalue weighted by Crippen LogP contribution is 2.71. The van der Waals surface area contributed by atoms with Gasteiger partial charge in [0.1, 0.15) is 6.17 Å². The lowest BCUT2D eigenvalue weighted by Crippen LogP contribution is -2.71. The molecule has 3 fully saturated rings. The van der Waals surface area contributed by atoms with Crippen LogP contribution < -0.4 is 0 Å². The predicted octanol–water partition coefficient (Wildman–Crippen LogP) is 5.98. The maximum absolute atomic E-state index is 17.5. The number of ketones is 2. The molecule has 11 heteroatoms. The molecule has 0 saturated heterocycles. The lowest BCUT2D eigenvalue weighted by atomic mass is 9.44. The summed E-state index contributed by atoms with van der Waals surface area (Å²) in [6, 6.07) is 4.20. The van der Waals surface area contributed by atoms with Gasteiger partial charge in [-0.1, -0.05) is 50.0 Å². The quantitative estimate of drug-likeness (QED) is 0.302. The fraction of sp³-hybridized carbons (Fsp3) is 0.562. The molecule has 232 valence electrons. The number of allylic oxidation sites excluding steroid dienone is 4. The molecule has 1 aromatic rings. The number of aliphatic hydroxyl groups excluding tert-OH is 1. The number of ether oxygens (including phenoxy) is 2. The van der Waals surface area contributed by atoms with Crippen LogP contribution >= 0.6 is 23.2 Å². The summed E-state index contributed by atoms with van der Waals surface area (Å²) < 4.78 is 44.8. The van der Waals surface area contributed by atoms with E-state index in [1.165, 1.54) is 37.3 Å². The molecular weight excluding hydrogens is 605 g/mol. The van der Waals surface area contributed by atoms with E-state index in [2.05, 4.69) is 0 Å². The van der Waals surface area contributed by atoms with Gasteiger partial charge in [0, 0.05) is 34.7 Å². The molecule has 0 unspecified atom stereocenters. The predicted molar refractivity (Wildman–Crippen MR) is 154 cm³/mol. The summed E-state index contributed by atoms with van der Waals surface area (Å²) in [7, 11) is 0. The lowest BCUT2D eigenvalue weighted by Gasteiger charge is -2.63. The number of halogens is 4. The molecule has 43 heavy (non-hydrogen) atoms. The van der Waals surface area contributed by atoms with Crippen molar-refractivity contribution in [2.45, 2.75) is 76.9 Å². The minimum absolute atomic E-state index is 0.0173. The first-order chi connectivity index (χ1) is 20.1. The highest BCUT2D eigenvalue weighted by atomic mass is 35.5. The fourth-order valence-electron chi connectivity index (χ4n) is 8.46. The van der Waals surface area contributed by atoms with Crippen LogP contribution in [0.5, 0.6) is 0 Å². The van der Waals surface area contributed by atoms with Gasteiger partial charge in [-0.25, -0.2) is 13.6 Å². The summed E-state index contributed by atoms with van der Waals surface area (Å²) in [5, 5.41) is 12.0. The number of carbonyl (C=O) groups is 4. The molecule has 7 nitrogen and oxygen atoms in total. The van der Waals surface area contributed by atoms with Crippen molar-refractivity contribution in [1.82, 2.24) is 0 Å². The van der Waals surface area contributed by atoms with Crippen LogP contribution in [-0.2, 0) is 23.9 Å². The summed E-state index contributed by atoms with van der Waals surface area (Å²) in [4.78, 5) is 51.9. The Morgan fingerprint density at radius 2 is 1.81 bits per heavy atom. The van der Waals surface area contributed by atoms with Gasteiger partial charge in [-0.2, -0.15) is 0 Å². The Morgan fingerprint density at radius 1 is 1.12 bits per heavy atom. The molecule has 0 radical (unpaired) electrons. The number of hydrogen-bond acceptors (Lipinski definition) is 7. The van der Waals surface area contributed by atoms with Crippen molar-refractivity contribution >= 4 is 46.7 Å². The Hall–Kier alpha value is -2.62. The zero-order valence-corrected chi connectivity index (χ0v) is 25.8. The molecule has 0 aromatic heterocycles. The largest absolute Gasteiger partial charge is 0.454 e. The summed E-state index contributed by atoms with van der Waals surface area (Å²) in [6.45, 7) is 5.64. The van der Waals surface area contributed by atoms with Gasteiger partial charge in [-0.15, -0.1) is 0 Å². The normalized spacial score (nSPS) is 39.7. The van der Waals surface area contributed by atoms with E-state index >= 15 is 8.78 Å². The maximum Gasteiger partial charge on any atom is 0.351 e. The zero-order valence-electron chi connectivity index (χ0n) is 24.3. The van der Waals surface area contributed by atoms with Gasteiger partial charge < -0.3 is 14.6 Å². The summed E-state index contributed by atoms with van der Waals surface area (Å²) >= 11 is 12.0. The van der Waals surface area contributed by atoms with Crippen LogP contribution in [0.2, 0.25) is 10.0 Å². The number of aliphatic hydroxyl groups is 1. The second kappa shape index (κ2) is 10.8. The number of benzene rings is 1. The third-order valence-electron chi connectivity index (χ3n) is 10.6. The minimum atomic E-state index is -2.37. The smallest absolute Gasteiger partial charge is 0.351 e. The van der Waals surface area contributed by atoms with E-state index in [1.807, 2.05) is 0 Å². The third kappa shape index (κ3) is 4.44. The summed E-state index contributed by atoms with van der Waals surface area (Å²) in [6.07, 6.45) is -0.313.